The Morgan fingerprint density at radius 1 is 1.12 bits per heavy atom. The summed E-state index contributed by atoms with van der Waals surface area (Å²) in [6.45, 7) is 3.85. The van der Waals surface area contributed by atoms with Crippen molar-refractivity contribution in [1.29, 1.82) is 0 Å². The third-order valence-corrected chi connectivity index (χ3v) is 4.79. The number of nitrogens with zero attached hydrogens (tertiary/aromatic N) is 4. The van der Waals surface area contributed by atoms with Crippen LogP contribution < -0.4 is 0 Å². The van der Waals surface area contributed by atoms with Gasteiger partial charge < -0.3 is 4.90 Å². The van der Waals surface area contributed by atoms with Gasteiger partial charge in [-0.2, -0.15) is 5.10 Å². The van der Waals surface area contributed by atoms with E-state index in [2.05, 4.69) is 10.00 Å². The van der Waals surface area contributed by atoms with Crippen LogP contribution in [0.25, 0.3) is 0 Å². The van der Waals surface area contributed by atoms with Crippen molar-refractivity contribution in [2.75, 3.05) is 26.2 Å². The number of piperazine rings is 1. The molecule has 0 saturated carbocycles. The normalized spacial score (nSPS) is 15.7. The summed E-state index contributed by atoms with van der Waals surface area (Å²) in [5, 5.41) is 5.75. The van der Waals surface area contributed by atoms with Crippen molar-refractivity contribution in [2.45, 2.75) is 13.0 Å². The quantitative estimate of drug-likeness (QED) is 0.834. The van der Waals surface area contributed by atoms with Gasteiger partial charge in [0.05, 0.1) is 17.1 Å². The van der Waals surface area contributed by atoms with E-state index in [1.165, 1.54) is 0 Å². The Labute approximate surface area is 151 Å². The van der Waals surface area contributed by atoms with Gasteiger partial charge in [-0.15, -0.1) is 0 Å². The number of halogens is 2. The number of rotatable bonds is 4. The highest BCUT2D eigenvalue weighted by Crippen LogP contribution is 2.17. The van der Waals surface area contributed by atoms with Crippen LogP contribution in [0.3, 0.4) is 0 Å². The first-order chi connectivity index (χ1) is 11.5. The SMILES string of the molecule is Cn1cc(Cl)c(CN2CCN(C(=O)Cc3ccc(Cl)cc3)CC2)n1. The Morgan fingerprint density at radius 3 is 2.38 bits per heavy atom. The first kappa shape index (κ1) is 17.3. The molecule has 0 unspecified atom stereocenters. The zero-order valence-corrected chi connectivity index (χ0v) is 15.1. The Hall–Kier alpha value is -1.56. The smallest absolute Gasteiger partial charge is 0.227 e. The lowest BCUT2D eigenvalue weighted by atomic mass is 10.1. The molecule has 1 aliphatic heterocycles. The molecule has 1 aromatic carbocycles. The van der Waals surface area contributed by atoms with Gasteiger partial charge in [0.25, 0.3) is 0 Å². The molecule has 24 heavy (non-hydrogen) atoms. The van der Waals surface area contributed by atoms with Crippen LogP contribution >= 0.6 is 23.2 Å². The highest BCUT2D eigenvalue weighted by atomic mass is 35.5. The zero-order chi connectivity index (χ0) is 17.1. The second-order valence-electron chi connectivity index (χ2n) is 6.06. The molecule has 0 spiro atoms. The molecule has 1 aliphatic rings. The summed E-state index contributed by atoms with van der Waals surface area (Å²) in [6, 6.07) is 7.44. The predicted octanol–water partition coefficient (Wildman–Crippen LogP) is 2.61. The van der Waals surface area contributed by atoms with Crippen LogP contribution in [0.5, 0.6) is 0 Å². The van der Waals surface area contributed by atoms with Crippen molar-refractivity contribution >= 4 is 29.1 Å². The summed E-state index contributed by atoms with van der Waals surface area (Å²) in [6.07, 6.45) is 2.23. The highest BCUT2D eigenvalue weighted by Gasteiger charge is 2.22. The first-order valence-electron chi connectivity index (χ1n) is 7.94. The molecule has 3 rings (SSSR count). The van der Waals surface area contributed by atoms with Crippen molar-refractivity contribution < 1.29 is 4.79 Å². The summed E-state index contributed by atoms with van der Waals surface area (Å²) in [5.41, 5.74) is 1.88. The predicted molar refractivity (Wildman–Crippen MR) is 95.2 cm³/mol. The first-order valence-corrected chi connectivity index (χ1v) is 8.69. The number of carbonyl (C=O) groups excluding carboxylic acids is 1. The van der Waals surface area contributed by atoms with E-state index in [1.54, 1.807) is 4.68 Å². The van der Waals surface area contributed by atoms with Crippen LogP contribution in [-0.4, -0.2) is 51.7 Å². The van der Waals surface area contributed by atoms with Crippen molar-refractivity contribution in [1.82, 2.24) is 19.6 Å². The Bertz CT molecular complexity index is 706. The van der Waals surface area contributed by atoms with Crippen molar-refractivity contribution in [3.63, 3.8) is 0 Å². The molecular formula is C17H20Cl2N4O. The lowest BCUT2D eigenvalue weighted by Crippen LogP contribution is -2.48. The van der Waals surface area contributed by atoms with Crippen molar-refractivity contribution in [2.24, 2.45) is 7.05 Å². The van der Waals surface area contributed by atoms with Gasteiger partial charge in [-0.05, 0) is 17.7 Å². The van der Waals surface area contributed by atoms with Gasteiger partial charge in [-0.1, -0.05) is 35.3 Å². The summed E-state index contributed by atoms with van der Waals surface area (Å²) in [5.74, 6) is 0.160. The molecule has 1 saturated heterocycles. The Balaban J connectivity index is 1.50. The average molecular weight is 367 g/mol. The molecule has 0 radical (unpaired) electrons. The van der Waals surface area contributed by atoms with Crippen LogP contribution in [0.1, 0.15) is 11.3 Å². The molecule has 2 aromatic rings. The molecule has 1 aromatic heterocycles. The van der Waals surface area contributed by atoms with Gasteiger partial charge in [-0.3, -0.25) is 14.4 Å². The third-order valence-electron chi connectivity index (χ3n) is 4.22. The number of aromatic nitrogens is 2. The van der Waals surface area contributed by atoms with Crippen molar-refractivity contribution in [3.8, 4) is 0 Å². The summed E-state index contributed by atoms with van der Waals surface area (Å²) < 4.78 is 1.73. The third kappa shape index (κ3) is 4.29. The summed E-state index contributed by atoms with van der Waals surface area (Å²) in [4.78, 5) is 16.6. The molecule has 0 atom stereocenters. The number of carbonyl (C=O) groups is 1. The molecule has 2 heterocycles. The van der Waals surface area contributed by atoms with E-state index in [0.29, 0.717) is 16.5 Å². The van der Waals surface area contributed by atoms with Crippen LogP contribution in [-0.2, 0) is 24.8 Å². The largest absolute Gasteiger partial charge is 0.340 e. The lowest BCUT2D eigenvalue weighted by Gasteiger charge is -2.34. The van der Waals surface area contributed by atoms with Crippen LogP contribution in [0, 0.1) is 0 Å². The number of benzene rings is 1. The molecule has 7 heteroatoms. The van der Waals surface area contributed by atoms with Gasteiger partial charge in [0.15, 0.2) is 0 Å². The van der Waals surface area contributed by atoms with E-state index in [1.807, 2.05) is 42.4 Å². The van der Waals surface area contributed by atoms with Crippen LogP contribution in [0.15, 0.2) is 30.5 Å². The fourth-order valence-corrected chi connectivity index (χ4v) is 3.23. The van der Waals surface area contributed by atoms with Gasteiger partial charge in [0.1, 0.15) is 0 Å². The zero-order valence-electron chi connectivity index (χ0n) is 13.6. The lowest BCUT2D eigenvalue weighted by molar-refractivity contribution is -0.132. The number of aryl methyl sites for hydroxylation is 1. The monoisotopic (exact) mass is 366 g/mol. The van der Waals surface area contributed by atoms with Crippen LogP contribution in [0.4, 0.5) is 0 Å². The van der Waals surface area contributed by atoms with Gasteiger partial charge >= 0.3 is 0 Å². The summed E-state index contributed by atoms with van der Waals surface area (Å²) >= 11 is 12.0. The van der Waals surface area contributed by atoms with Gasteiger partial charge in [0, 0.05) is 51.0 Å². The molecular weight excluding hydrogens is 347 g/mol. The maximum absolute atomic E-state index is 12.4. The standard InChI is InChI=1S/C17H20Cl2N4O/c1-21-11-15(19)16(20-21)12-22-6-8-23(9-7-22)17(24)10-13-2-4-14(18)5-3-13/h2-5,11H,6-10,12H2,1H3. The molecule has 1 fully saturated rings. The molecule has 1 amide bonds. The fraction of sp³-hybridized carbons (Fsp3) is 0.412. The molecule has 0 aliphatic carbocycles. The Kier molecular flexibility index (Phi) is 5.43. The van der Waals surface area contributed by atoms with E-state index in [9.17, 15) is 4.79 Å². The van der Waals surface area contributed by atoms with E-state index in [4.69, 9.17) is 23.2 Å². The molecule has 5 nitrogen and oxygen atoms in total. The molecule has 128 valence electrons. The van der Waals surface area contributed by atoms with Gasteiger partial charge in [-0.25, -0.2) is 0 Å². The van der Waals surface area contributed by atoms with Crippen LogP contribution in [0.2, 0.25) is 10.0 Å². The number of hydrogen-bond donors (Lipinski definition) is 0. The van der Waals surface area contributed by atoms with Crippen molar-refractivity contribution in [3.05, 3.63) is 51.8 Å². The topological polar surface area (TPSA) is 41.4 Å². The molecule has 0 N–H and O–H groups in total. The minimum absolute atomic E-state index is 0.160. The van der Waals surface area contributed by atoms with E-state index < -0.39 is 0 Å². The molecule has 0 bridgehead atoms. The maximum atomic E-state index is 12.4. The second kappa shape index (κ2) is 7.55. The number of amides is 1. The fourth-order valence-electron chi connectivity index (χ4n) is 2.87. The van der Waals surface area contributed by atoms with E-state index in [-0.39, 0.29) is 5.91 Å². The summed E-state index contributed by atoms with van der Waals surface area (Å²) in [7, 11) is 1.86. The number of hydrogen-bond acceptors (Lipinski definition) is 3. The highest BCUT2D eigenvalue weighted by molar-refractivity contribution is 6.31. The Morgan fingerprint density at radius 2 is 1.79 bits per heavy atom. The minimum atomic E-state index is 0.160. The minimum Gasteiger partial charge on any atom is -0.340 e. The van der Waals surface area contributed by atoms with Gasteiger partial charge in [0.2, 0.25) is 5.91 Å². The second-order valence-corrected chi connectivity index (χ2v) is 6.90. The average Bonchev–Trinajstić information content (AvgIpc) is 2.88. The van der Waals surface area contributed by atoms with E-state index >= 15 is 0 Å². The van der Waals surface area contributed by atoms with E-state index in [0.717, 1.165) is 44.0 Å². The maximum Gasteiger partial charge on any atom is 0.227 e.